The van der Waals surface area contributed by atoms with Gasteiger partial charge in [0.05, 0.1) is 6.42 Å². The molecule has 0 radical (unpaired) electrons. The van der Waals surface area contributed by atoms with E-state index in [9.17, 15) is 10.3 Å². The monoisotopic (exact) mass is 276 g/mol. The number of aryl methyl sites for hydroxylation is 2. The van der Waals surface area contributed by atoms with Gasteiger partial charge in [-0.3, -0.25) is 4.84 Å². The fraction of sp³-hybridized carbons (Fsp3) is 0.267. The van der Waals surface area contributed by atoms with Crippen molar-refractivity contribution in [2.45, 2.75) is 20.3 Å². The molecule has 4 N–H and O–H groups in total. The van der Waals surface area contributed by atoms with Crippen LogP contribution in [0.15, 0.2) is 36.1 Å². The molecule has 0 saturated carbocycles. The number of hydrogen-bond donors (Lipinski definition) is 3. The number of quaternary nitrogens is 1. The first-order valence-corrected chi connectivity index (χ1v) is 6.43. The fourth-order valence-electron chi connectivity index (χ4n) is 2.18. The predicted octanol–water partition coefficient (Wildman–Crippen LogP) is 1.94. The molecule has 2 rings (SSSR count). The van der Waals surface area contributed by atoms with Crippen LogP contribution < -0.4 is 5.48 Å². The van der Waals surface area contributed by atoms with Crippen molar-refractivity contribution in [3.63, 3.8) is 0 Å². The molecule has 5 heteroatoms. The van der Waals surface area contributed by atoms with Crippen molar-refractivity contribution in [2.24, 2.45) is 0 Å². The molecule has 0 bridgehead atoms. The lowest BCUT2D eigenvalue weighted by atomic mass is 10.1. The van der Waals surface area contributed by atoms with Crippen LogP contribution in [0.5, 0.6) is 0 Å². The summed E-state index contributed by atoms with van der Waals surface area (Å²) in [6.07, 6.45) is 5.92. The van der Waals surface area contributed by atoms with Crippen molar-refractivity contribution in [2.75, 3.05) is 7.11 Å². The Morgan fingerprint density at radius 1 is 1.25 bits per heavy atom. The Morgan fingerprint density at radius 2 is 1.95 bits per heavy atom. The van der Waals surface area contributed by atoms with Crippen molar-refractivity contribution in [1.29, 1.82) is 0 Å². The molecule has 0 aliphatic heterocycles. The van der Waals surface area contributed by atoms with Gasteiger partial charge in [-0.2, -0.15) is 5.48 Å². The Labute approximate surface area is 118 Å². The summed E-state index contributed by atoms with van der Waals surface area (Å²) in [7, 11) is 1.54. The third kappa shape index (κ3) is 2.59. The molecule has 0 fully saturated rings. The van der Waals surface area contributed by atoms with Gasteiger partial charge in [-0.05, 0) is 31.1 Å². The van der Waals surface area contributed by atoms with Crippen LogP contribution in [-0.2, 0) is 4.84 Å². The predicted molar refractivity (Wildman–Crippen MR) is 75.7 cm³/mol. The van der Waals surface area contributed by atoms with E-state index in [1.54, 1.807) is 16.9 Å². The Kier molecular flexibility index (Phi) is 4.22. The van der Waals surface area contributed by atoms with Gasteiger partial charge in [0, 0.05) is 16.9 Å². The molecule has 0 atom stereocenters. The van der Waals surface area contributed by atoms with E-state index in [1.807, 2.05) is 32.1 Å². The molecule has 0 aromatic heterocycles. The number of hydrogen-bond acceptors (Lipinski definition) is 3. The third-order valence-corrected chi connectivity index (χ3v) is 3.43. The molecule has 1 aromatic rings. The van der Waals surface area contributed by atoms with E-state index in [2.05, 4.69) is 0 Å². The number of rotatable bonds is 3. The summed E-state index contributed by atoms with van der Waals surface area (Å²) in [5, 5.41) is 19.4. The van der Waals surface area contributed by atoms with Gasteiger partial charge >= 0.3 is 5.69 Å². The summed E-state index contributed by atoms with van der Waals surface area (Å²) in [5.74, 6) is 0.163. The van der Waals surface area contributed by atoms with Crippen LogP contribution in [0.4, 0.5) is 11.4 Å². The Hall–Kier alpha value is -2.11. The first kappa shape index (κ1) is 14.3. The van der Waals surface area contributed by atoms with Crippen LogP contribution in [-0.4, -0.2) is 27.9 Å². The number of aliphatic hydroxyl groups is 1. The lowest BCUT2D eigenvalue weighted by Gasteiger charge is -2.09. The summed E-state index contributed by atoms with van der Waals surface area (Å²) in [6, 6.07) is 3.82. The first-order chi connectivity index (χ1) is 9.58. The molecule has 0 heterocycles. The van der Waals surface area contributed by atoms with E-state index in [0.717, 1.165) is 16.6 Å². The van der Waals surface area contributed by atoms with E-state index in [4.69, 9.17) is 4.84 Å². The van der Waals surface area contributed by atoms with Crippen LogP contribution in [0.3, 0.4) is 0 Å². The third-order valence-electron chi connectivity index (χ3n) is 3.43. The Balaban J connectivity index is 2.64. The zero-order valence-electron chi connectivity index (χ0n) is 11.9. The summed E-state index contributed by atoms with van der Waals surface area (Å²) >= 11 is 0. The van der Waals surface area contributed by atoms with Crippen LogP contribution in [0.1, 0.15) is 17.5 Å². The first-order valence-electron chi connectivity index (χ1n) is 6.43. The van der Waals surface area contributed by atoms with Gasteiger partial charge in [0.2, 0.25) is 5.69 Å². The highest BCUT2D eigenvalue weighted by Crippen LogP contribution is 2.26. The van der Waals surface area contributed by atoms with Gasteiger partial charge in [0.15, 0.2) is 5.76 Å². The molecular weight excluding hydrogens is 256 g/mol. The van der Waals surface area contributed by atoms with E-state index in [1.165, 1.54) is 7.11 Å². The van der Waals surface area contributed by atoms with E-state index < -0.39 is 0 Å². The van der Waals surface area contributed by atoms with Gasteiger partial charge in [-0.1, -0.05) is 12.2 Å². The second-order valence-electron chi connectivity index (χ2n) is 4.73. The molecule has 1 aliphatic rings. The minimum Gasteiger partial charge on any atom is -0.502 e. The maximum atomic E-state index is 10.00. The minimum atomic E-state index is 0.163. The summed E-state index contributed by atoms with van der Waals surface area (Å²) in [4.78, 5) is 5.41. The van der Waals surface area contributed by atoms with Gasteiger partial charge in [-0.25, -0.2) is 5.21 Å². The maximum Gasteiger partial charge on any atom is 0.321 e. The summed E-state index contributed by atoms with van der Waals surface area (Å²) < 4.78 is 1.55. The number of benzene rings is 1. The van der Waals surface area contributed by atoms with Crippen LogP contribution in [0.2, 0.25) is 0 Å². The Bertz CT molecular complexity index is 616. The number of nitrogens with zero attached hydrogens (tertiary/aromatic N) is 1. The highest BCUT2D eigenvalue weighted by Gasteiger charge is 2.29. The van der Waals surface area contributed by atoms with E-state index in [-0.39, 0.29) is 5.76 Å². The fourth-order valence-corrected chi connectivity index (χ4v) is 2.18. The highest BCUT2D eigenvalue weighted by atomic mass is 16.7. The SMILES string of the molecule is CO/[N+](=C1/CC=CC=C1O)c1cc(C)c(C)cc1[NH2+]O. The minimum absolute atomic E-state index is 0.163. The zero-order chi connectivity index (χ0) is 14.7. The molecule has 1 aromatic carbocycles. The second-order valence-corrected chi connectivity index (χ2v) is 4.73. The molecule has 0 amide bonds. The highest BCUT2D eigenvalue weighted by molar-refractivity contribution is 5.97. The largest absolute Gasteiger partial charge is 0.502 e. The van der Waals surface area contributed by atoms with Crippen molar-refractivity contribution in [3.8, 4) is 0 Å². The molecule has 106 valence electrons. The quantitative estimate of drug-likeness (QED) is 0.449. The average molecular weight is 276 g/mol. The standard InChI is InChI=1S/C15H18N2O3/c1-10-8-12(16-19)14(9-11(10)2)17(20-3)13-6-4-5-7-15(13)18/h4-5,7-9,16,19H,6H2,1-3H3/p+2/b17-13-. The van der Waals surface area contributed by atoms with Crippen LogP contribution >= 0.6 is 0 Å². The van der Waals surface area contributed by atoms with E-state index in [0.29, 0.717) is 23.5 Å². The second kappa shape index (κ2) is 5.90. The lowest BCUT2D eigenvalue weighted by Crippen LogP contribution is -2.74. The molecule has 20 heavy (non-hydrogen) atoms. The molecule has 0 unspecified atom stereocenters. The molecule has 5 nitrogen and oxygen atoms in total. The average Bonchev–Trinajstić information content (AvgIpc) is 2.45. The number of allylic oxidation sites excluding steroid dienone is 4. The molecule has 1 aliphatic carbocycles. The Morgan fingerprint density at radius 3 is 2.55 bits per heavy atom. The topological polar surface area (TPSA) is 69.3 Å². The van der Waals surface area contributed by atoms with Crippen molar-refractivity contribution >= 4 is 17.1 Å². The van der Waals surface area contributed by atoms with Gasteiger partial charge in [-0.15, -0.1) is 0 Å². The van der Waals surface area contributed by atoms with Crippen molar-refractivity contribution in [3.05, 3.63) is 47.2 Å². The summed E-state index contributed by atoms with van der Waals surface area (Å²) in [6.45, 7) is 3.98. The van der Waals surface area contributed by atoms with Crippen molar-refractivity contribution < 1.29 is 25.4 Å². The van der Waals surface area contributed by atoms with Crippen LogP contribution in [0.25, 0.3) is 0 Å². The number of aliphatic hydroxyl groups excluding tert-OH is 1. The number of nitrogens with two attached hydrogens (primary N) is 1. The van der Waals surface area contributed by atoms with E-state index >= 15 is 0 Å². The normalized spacial score (nSPS) is 16.9. The van der Waals surface area contributed by atoms with Crippen LogP contribution in [0, 0.1) is 13.8 Å². The zero-order valence-corrected chi connectivity index (χ0v) is 11.9. The smallest absolute Gasteiger partial charge is 0.321 e. The molecule has 0 saturated heterocycles. The van der Waals surface area contributed by atoms with Gasteiger partial charge < -0.3 is 5.11 Å². The lowest BCUT2D eigenvalue weighted by molar-refractivity contribution is -0.831. The maximum absolute atomic E-state index is 10.00. The van der Waals surface area contributed by atoms with Gasteiger partial charge in [0.25, 0.3) is 5.71 Å². The van der Waals surface area contributed by atoms with Crippen molar-refractivity contribution in [1.82, 2.24) is 0 Å². The molecule has 0 spiro atoms. The molecular formula is C15H20N2O3+2. The summed E-state index contributed by atoms with van der Waals surface area (Å²) in [5.41, 5.74) is 5.20. The van der Waals surface area contributed by atoms with Gasteiger partial charge in [0.1, 0.15) is 7.11 Å².